The highest BCUT2D eigenvalue weighted by atomic mass is 16.4. The summed E-state index contributed by atoms with van der Waals surface area (Å²) in [5.74, 6) is -0.910. The molecule has 1 aliphatic rings. The van der Waals surface area contributed by atoms with Gasteiger partial charge in [0.15, 0.2) is 0 Å². The number of amides is 1. The maximum Gasteiger partial charge on any atom is 0.303 e. The number of aliphatic carboxylic acids is 1. The first-order valence-corrected chi connectivity index (χ1v) is 7.86. The highest BCUT2D eigenvalue weighted by Gasteiger charge is 2.28. The molecular weight excluding hydrogens is 298 g/mol. The Morgan fingerprint density at radius 2 is 2.04 bits per heavy atom. The van der Waals surface area contributed by atoms with E-state index < -0.39 is 5.97 Å². The van der Waals surface area contributed by atoms with Crippen LogP contribution in [0.1, 0.15) is 47.3 Å². The molecule has 2 heterocycles. The van der Waals surface area contributed by atoms with Gasteiger partial charge in [0.25, 0.3) is 11.5 Å². The van der Waals surface area contributed by atoms with E-state index in [9.17, 15) is 14.4 Å². The van der Waals surface area contributed by atoms with Crippen molar-refractivity contribution in [2.24, 2.45) is 13.0 Å². The fourth-order valence-electron chi connectivity index (χ4n) is 3.07. The summed E-state index contributed by atoms with van der Waals surface area (Å²) in [6.45, 7) is 4.63. The van der Waals surface area contributed by atoms with Crippen LogP contribution in [-0.4, -0.2) is 44.8 Å². The van der Waals surface area contributed by atoms with Crippen LogP contribution in [0, 0.1) is 19.8 Å². The van der Waals surface area contributed by atoms with Crippen LogP contribution in [-0.2, 0) is 11.8 Å². The zero-order chi connectivity index (χ0) is 17.1. The molecule has 0 saturated carbocycles. The number of carbonyl (C=O) groups is 2. The minimum absolute atomic E-state index is 0.113. The van der Waals surface area contributed by atoms with Crippen molar-refractivity contribution >= 4 is 11.9 Å². The Morgan fingerprint density at radius 3 is 2.70 bits per heavy atom. The monoisotopic (exact) mass is 321 g/mol. The number of piperidine rings is 1. The predicted octanol–water partition coefficient (Wildman–Crippen LogP) is 1.11. The molecule has 126 valence electrons. The Bertz CT molecular complexity index is 681. The molecule has 1 atom stereocenters. The molecule has 1 N–H and O–H groups in total. The molecule has 0 aromatic carbocycles. The highest BCUT2D eigenvalue weighted by Crippen LogP contribution is 2.22. The van der Waals surface area contributed by atoms with Gasteiger partial charge in [-0.2, -0.15) is 5.10 Å². The molecule has 1 amide bonds. The Labute approximate surface area is 134 Å². The zero-order valence-corrected chi connectivity index (χ0v) is 13.8. The molecular formula is C16H23N3O4. The van der Waals surface area contributed by atoms with Crippen LogP contribution in [0.2, 0.25) is 0 Å². The van der Waals surface area contributed by atoms with E-state index in [2.05, 4.69) is 5.10 Å². The largest absolute Gasteiger partial charge is 0.481 e. The lowest BCUT2D eigenvalue weighted by molar-refractivity contribution is -0.137. The third-order valence-electron chi connectivity index (χ3n) is 4.51. The molecule has 0 radical (unpaired) electrons. The zero-order valence-electron chi connectivity index (χ0n) is 13.8. The molecule has 2 rings (SSSR count). The number of aryl methyl sites for hydroxylation is 2. The maximum absolute atomic E-state index is 12.8. The summed E-state index contributed by atoms with van der Waals surface area (Å²) in [6.07, 6.45) is 2.43. The summed E-state index contributed by atoms with van der Waals surface area (Å²) < 4.78 is 1.20. The fourth-order valence-corrected chi connectivity index (χ4v) is 3.07. The van der Waals surface area contributed by atoms with Crippen molar-refractivity contribution in [1.29, 1.82) is 0 Å². The van der Waals surface area contributed by atoms with Gasteiger partial charge >= 0.3 is 5.97 Å². The Balaban J connectivity index is 2.20. The molecule has 1 fully saturated rings. The number of rotatable bonds is 4. The average Bonchev–Trinajstić information content (AvgIpc) is 2.51. The molecule has 7 heteroatoms. The van der Waals surface area contributed by atoms with E-state index in [0.29, 0.717) is 30.8 Å². The van der Waals surface area contributed by atoms with Gasteiger partial charge in [0.1, 0.15) is 5.56 Å². The Hall–Kier alpha value is -2.18. The van der Waals surface area contributed by atoms with Gasteiger partial charge in [0, 0.05) is 26.6 Å². The first-order chi connectivity index (χ1) is 10.8. The first kappa shape index (κ1) is 17.2. The topological polar surface area (TPSA) is 92.5 Å². The van der Waals surface area contributed by atoms with Crippen molar-refractivity contribution < 1.29 is 14.7 Å². The summed E-state index contributed by atoms with van der Waals surface area (Å²) in [6, 6.07) is 0. The minimum Gasteiger partial charge on any atom is -0.481 e. The van der Waals surface area contributed by atoms with Crippen LogP contribution in [0.5, 0.6) is 0 Å². The molecule has 1 aromatic heterocycles. The normalized spacial score (nSPS) is 18.0. The standard InChI is InChI=1S/C16H23N3O4/c1-10-11(2)17-18(3)15(22)14(10)16(23)19-8-4-5-12(9-19)6-7-13(20)21/h12H,4-9H2,1-3H3,(H,20,21)/t12-/m1/s1. The van der Waals surface area contributed by atoms with Crippen LogP contribution < -0.4 is 5.56 Å². The molecule has 7 nitrogen and oxygen atoms in total. The second-order valence-electron chi connectivity index (χ2n) is 6.21. The van der Waals surface area contributed by atoms with E-state index in [1.807, 2.05) is 0 Å². The minimum atomic E-state index is -0.817. The summed E-state index contributed by atoms with van der Waals surface area (Å²) in [5.41, 5.74) is 1.07. The molecule has 0 spiro atoms. The number of hydrogen-bond donors (Lipinski definition) is 1. The van der Waals surface area contributed by atoms with Crippen molar-refractivity contribution in [3.8, 4) is 0 Å². The number of hydrogen-bond acceptors (Lipinski definition) is 4. The van der Waals surface area contributed by atoms with Crippen molar-refractivity contribution in [2.45, 2.75) is 39.5 Å². The smallest absolute Gasteiger partial charge is 0.303 e. The van der Waals surface area contributed by atoms with Gasteiger partial charge in [0.05, 0.1) is 5.69 Å². The van der Waals surface area contributed by atoms with Crippen LogP contribution in [0.3, 0.4) is 0 Å². The molecule has 1 aliphatic heterocycles. The van der Waals surface area contributed by atoms with Gasteiger partial charge in [-0.05, 0) is 44.6 Å². The maximum atomic E-state index is 12.8. The third-order valence-corrected chi connectivity index (χ3v) is 4.51. The van der Waals surface area contributed by atoms with E-state index in [1.54, 1.807) is 18.7 Å². The molecule has 0 aliphatic carbocycles. The predicted molar refractivity (Wildman–Crippen MR) is 84.4 cm³/mol. The average molecular weight is 321 g/mol. The van der Waals surface area contributed by atoms with Crippen molar-refractivity contribution in [1.82, 2.24) is 14.7 Å². The van der Waals surface area contributed by atoms with E-state index >= 15 is 0 Å². The summed E-state index contributed by atoms with van der Waals surface area (Å²) in [5, 5.41) is 12.9. The molecule has 0 unspecified atom stereocenters. The number of carboxylic acid groups (broad SMARTS) is 1. The summed E-state index contributed by atoms with van der Waals surface area (Å²) in [4.78, 5) is 37.5. The van der Waals surface area contributed by atoms with Gasteiger partial charge in [-0.1, -0.05) is 0 Å². The lowest BCUT2D eigenvalue weighted by Crippen LogP contribution is -2.43. The lowest BCUT2D eigenvalue weighted by Gasteiger charge is -2.33. The SMILES string of the molecule is Cc1nn(C)c(=O)c(C(=O)N2CCC[C@H](CCC(=O)O)C2)c1C. The van der Waals surface area contributed by atoms with Gasteiger partial charge < -0.3 is 10.0 Å². The highest BCUT2D eigenvalue weighted by molar-refractivity contribution is 5.95. The van der Waals surface area contributed by atoms with Crippen LogP contribution >= 0.6 is 0 Å². The number of carbonyl (C=O) groups excluding carboxylic acids is 1. The van der Waals surface area contributed by atoms with E-state index in [4.69, 9.17) is 5.11 Å². The van der Waals surface area contributed by atoms with E-state index in [1.165, 1.54) is 11.7 Å². The molecule has 1 saturated heterocycles. The Kier molecular flexibility index (Phi) is 5.18. The van der Waals surface area contributed by atoms with Crippen molar-refractivity contribution in [2.75, 3.05) is 13.1 Å². The van der Waals surface area contributed by atoms with Gasteiger partial charge in [0.2, 0.25) is 0 Å². The quantitative estimate of drug-likeness (QED) is 0.897. The molecule has 1 aromatic rings. The first-order valence-electron chi connectivity index (χ1n) is 7.86. The summed E-state index contributed by atoms with van der Waals surface area (Å²) >= 11 is 0. The third kappa shape index (κ3) is 3.78. The van der Waals surface area contributed by atoms with Crippen LogP contribution in [0.25, 0.3) is 0 Å². The molecule has 23 heavy (non-hydrogen) atoms. The summed E-state index contributed by atoms with van der Waals surface area (Å²) in [7, 11) is 1.54. The van der Waals surface area contributed by atoms with E-state index in [-0.39, 0.29) is 29.4 Å². The number of likely N-dealkylation sites (tertiary alicyclic amines) is 1. The lowest BCUT2D eigenvalue weighted by atomic mass is 9.93. The van der Waals surface area contributed by atoms with E-state index in [0.717, 1.165) is 12.8 Å². The second-order valence-corrected chi connectivity index (χ2v) is 6.21. The van der Waals surface area contributed by atoms with Crippen molar-refractivity contribution in [3.63, 3.8) is 0 Å². The number of nitrogens with zero attached hydrogens (tertiary/aromatic N) is 3. The van der Waals surface area contributed by atoms with Crippen LogP contribution in [0.15, 0.2) is 4.79 Å². The number of aromatic nitrogens is 2. The number of carboxylic acids is 1. The van der Waals surface area contributed by atoms with Gasteiger partial charge in [-0.3, -0.25) is 14.4 Å². The Morgan fingerprint density at radius 1 is 1.35 bits per heavy atom. The van der Waals surface area contributed by atoms with Crippen LogP contribution in [0.4, 0.5) is 0 Å². The van der Waals surface area contributed by atoms with Gasteiger partial charge in [-0.25, -0.2) is 4.68 Å². The van der Waals surface area contributed by atoms with Crippen molar-refractivity contribution in [3.05, 3.63) is 27.2 Å². The fraction of sp³-hybridized carbons (Fsp3) is 0.625. The molecule has 0 bridgehead atoms. The van der Waals surface area contributed by atoms with Gasteiger partial charge in [-0.15, -0.1) is 0 Å². The second kappa shape index (κ2) is 6.93.